The monoisotopic (exact) mass is 249 g/mol. The molecule has 0 bridgehead atoms. The van der Waals surface area contributed by atoms with E-state index in [9.17, 15) is 18.0 Å². The average Bonchev–Trinajstić information content (AvgIpc) is 2.19. The van der Waals surface area contributed by atoms with Gasteiger partial charge in [-0.25, -0.2) is 0 Å². The van der Waals surface area contributed by atoms with Gasteiger partial charge in [0.05, 0.1) is 11.5 Å². The zero-order valence-electron chi connectivity index (χ0n) is 8.53. The van der Waals surface area contributed by atoms with Gasteiger partial charge in [-0.3, -0.25) is 4.79 Å². The van der Waals surface area contributed by atoms with E-state index in [0.717, 1.165) is 12.1 Å². The Morgan fingerprint density at radius 2 is 2.00 bits per heavy atom. The first-order valence-corrected chi connectivity index (χ1v) is 4.60. The van der Waals surface area contributed by atoms with Crippen molar-refractivity contribution in [2.75, 3.05) is 6.54 Å². The fourth-order valence-electron chi connectivity index (χ4n) is 1.38. The molecule has 0 radical (unpaired) electrons. The fourth-order valence-corrected chi connectivity index (χ4v) is 1.38. The molecular weight excluding hydrogens is 239 g/mol. The molecule has 0 aliphatic rings. The van der Waals surface area contributed by atoms with Gasteiger partial charge in [-0.15, -0.1) is 0 Å². The van der Waals surface area contributed by atoms with E-state index in [1.165, 1.54) is 0 Å². The molecule has 1 aromatic carbocycles. The van der Waals surface area contributed by atoms with Crippen LogP contribution in [0.1, 0.15) is 17.0 Å². The highest BCUT2D eigenvalue weighted by molar-refractivity contribution is 5.76. The second-order valence-electron chi connectivity index (χ2n) is 3.40. The van der Waals surface area contributed by atoms with Crippen LogP contribution >= 0.6 is 0 Å². The molecule has 0 aliphatic heterocycles. The summed E-state index contributed by atoms with van der Waals surface area (Å²) in [6.45, 7) is -0.322. The highest BCUT2D eigenvalue weighted by Crippen LogP contribution is 2.37. The number of nitrogens with two attached hydrogens (primary N) is 1. The SMILES string of the molecule is NCC(C(=O)O)c1ccc(O)c(C(F)(F)F)c1. The molecule has 0 aromatic heterocycles. The fraction of sp³-hybridized carbons (Fsp3) is 0.300. The molecule has 17 heavy (non-hydrogen) atoms. The molecule has 0 heterocycles. The topological polar surface area (TPSA) is 83.6 Å². The number of hydrogen-bond acceptors (Lipinski definition) is 3. The van der Waals surface area contributed by atoms with Crippen LogP contribution in [-0.2, 0) is 11.0 Å². The number of aliphatic carboxylic acids is 1. The van der Waals surface area contributed by atoms with E-state index in [0.29, 0.717) is 6.07 Å². The minimum Gasteiger partial charge on any atom is -0.507 e. The summed E-state index contributed by atoms with van der Waals surface area (Å²) < 4.78 is 37.4. The Bertz CT molecular complexity index is 431. The van der Waals surface area contributed by atoms with Crippen LogP contribution in [0.3, 0.4) is 0 Å². The Kier molecular flexibility index (Phi) is 3.62. The molecule has 94 valence electrons. The summed E-state index contributed by atoms with van der Waals surface area (Å²) >= 11 is 0. The molecule has 4 N–H and O–H groups in total. The van der Waals surface area contributed by atoms with Crippen molar-refractivity contribution in [3.05, 3.63) is 29.3 Å². The number of halogens is 3. The van der Waals surface area contributed by atoms with Crippen molar-refractivity contribution in [2.24, 2.45) is 5.73 Å². The lowest BCUT2D eigenvalue weighted by Crippen LogP contribution is -2.21. The van der Waals surface area contributed by atoms with Gasteiger partial charge in [0.2, 0.25) is 0 Å². The predicted molar refractivity (Wildman–Crippen MR) is 52.5 cm³/mol. The standard InChI is InChI=1S/C10H10F3NO3/c11-10(12,13)7-3-5(1-2-8(7)15)6(4-14)9(16)17/h1-3,6,15H,4,14H2,(H,16,17). The van der Waals surface area contributed by atoms with Gasteiger partial charge in [-0.2, -0.15) is 13.2 Å². The van der Waals surface area contributed by atoms with Crippen molar-refractivity contribution in [3.8, 4) is 5.75 Å². The summed E-state index contributed by atoms with van der Waals surface area (Å²) in [6.07, 6.45) is -4.74. The van der Waals surface area contributed by atoms with Crippen LogP contribution < -0.4 is 5.73 Å². The first kappa shape index (κ1) is 13.3. The molecule has 1 aromatic rings. The number of hydrogen-bond donors (Lipinski definition) is 3. The van der Waals surface area contributed by atoms with Crippen molar-refractivity contribution < 1.29 is 28.2 Å². The van der Waals surface area contributed by atoms with Gasteiger partial charge < -0.3 is 15.9 Å². The third-order valence-corrected chi connectivity index (χ3v) is 2.26. The number of phenolic OH excluding ortho intramolecular Hbond substituents is 1. The zero-order valence-corrected chi connectivity index (χ0v) is 8.53. The lowest BCUT2D eigenvalue weighted by atomic mass is 9.97. The van der Waals surface area contributed by atoms with Crippen LogP contribution in [-0.4, -0.2) is 22.7 Å². The van der Waals surface area contributed by atoms with E-state index in [2.05, 4.69) is 0 Å². The third kappa shape index (κ3) is 2.88. The van der Waals surface area contributed by atoms with Crippen LogP contribution in [0.4, 0.5) is 13.2 Å². The largest absolute Gasteiger partial charge is 0.507 e. The molecule has 4 nitrogen and oxygen atoms in total. The normalized spacial score (nSPS) is 13.4. The summed E-state index contributed by atoms with van der Waals surface area (Å²) in [5, 5.41) is 17.8. The Labute approximate surface area is 94.5 Å². The second kappa shape index (κ2) is 4.62. The molecule has 1 unspecified atom stereocenters. The van der Waals surface area contributed by atoms with Crippen LogP contribution in [0.25, 0.3) is 0 Å². The van der Waals surface area contributed by atoms with Gasteiger partial charge in [0.15, 0.2) is 0 Å². The van der Waals surface area contributed by atoms with E-state index in [-0.39, 0.29) is 12.1 Å². The van der Waals surface area contributed by atoms with Crippen molar-refractivity contribution in [1.82, 2.24) is 0 Å². The Morgan fingerprint density at radius 1 is 1.41 bits per heavy atom. The van der Waals surface area contributed by atoms with Gasteiger partial charge in [-0.05, 0) is 17.7 Å². The van der Waals surface area contributed by atoms with Crippen LogP contribution in [0.15, 0.2) is 18.2 Å². The van der Waals surface area contributed by atoms with Crippen molar-refractivity contribution in [3.63, 3.8) is 0 Å². The molecule has 7 heteroatoms. The maximum Gasteiger partial charge on any atom is 0.419 e. The highest BCUT2D eigenvalue weighted by Gasteiger charge is 2.35. The maximum absolute atomic E-state index is 12.5. The first-order valence-electron chi connectivity index (χ1n) is 4.60. The number of alkyl halides is 3. The van der Waals surface area contributed by atoms with Gasteiger partial charge in [0.1, 0.15) is 5.75 Å². The molecule has 1 atom stereocenters. The second-order valence-corrected chi connectivity index (χ2v) is 3.40. The minimum absolute atomic E-state index is 0.0925. The van der Waals surface area contributed by atoms with E-state index in [4.69, 9.17) is 15.9 Å². The van der Waals surface area contributed by atoms with E-state index < -0.39 is 29.4 Å². The van der Waals surface area contributed by atoms with Gasteiger partial charge >= 0.3 is 12.1 Å². The number of aromatic hydroxyl groups is 1. The first-order chi connectivity index (χ1) is 7.77. The van der Waals surface area contributed by atoms with Crippen LogP contribution in [0.5, 0.6) is 5.75 Å². The van der Waals surface area contributed by atoms with Crippen molar-refractivity contribution in [2.45, 2.75) is 12.1 Å². The smallest absolute Gasteiger partial charge is 0.419 e. The van der Waals surface area contributed by atoms with E-state index in [1.54, 1.807) is 0 Å². The number of carbonyl (C=O) groups is 1. The molecule has 0 aliphatic carbocycles. The summed E-state index contributed by atoms with van der Waals surface area (Å²) in [4.78, 5) is 10.8. The Hall–Kier alpha value is -1.76. The molecule has 0 amide bonds. The molecule has 1 rings (SSSR count). The maximum atomic E-state index is 12.5. The third-order valence-electron chi connectivity index (χ3n) is 2.26. The lowest BCUT2D eigenvalue weighted by molar-refractivity contribution is -0.140. The molecule has 0 fully saturated rings. The van der Waals surface area contributed by atoms with Crippen molar-refractivity contribution >= 4 is 5.97 Å². The predicted octanol–water partition coefficient (Wildman–Crippen LogP) is 1.54. The lowest BCUT2D eigenvalue weighted by Gasteiger charge is -2.14. The Balaban J connectivity index is 3.25. The van der Waals surface area contributed by atoms with Crippen molar-refractivity contribution in [1.29, 1.82) is 0 Å². The number of rotatable bonds is 3. The Morgan fingerprint density at radius 3 is 2.41 bits per heavy atom. The molecule has 0 spiro atoms. The zero-order chi connectivity index (χ0) is 13.2. The van der Waals surface area contributed by atoms with Crippen LogP contribution in [0, 0.1) is 0 Å². The average molecular weight is 249 g/mol. The molecular formula is C10H10F3NO3. The summed E-state index contributed by atoms with van der Waals surface area (Å²) in [6, 6.07) is 2.51. The van der Waals surface area contributed by atoms with E-state index in [1.807, 2.05) is 0 Å². The summed E-state index contributed by atoms with van der Waals surface area (Å²) in [7, 11) is 0. The number of carboxylic acids is 1. The van der Waals surface area contributed by atoms with Crippen LogP contribution in [0.2, 0.25) is 0 Å². The van der Waals surface area contributed by atoms with Gasteiger partial charge in [0.25, 0.3) is 0 Å². The molecule has 0 saturated heterocycles. The van der Waals surface area contributed by atoms with E-state index >= 15 is 0 Å². The number of benzene rings is 1. The minimum atomic E-state index is -4.74. The summed E-state index contributed by atoms with van der Waals surface area (Å²) in [5.74, 6) is -3.48. The molecule has 0 saturated carbocycles. The van der Waals surface area contributed by atoms with Gasteiger partial charge in [0, 0.05) is 6.54 Å². The van der Waals surface area contributed by atoms with Gasteiger partial charge in [-0.1, -0.05) is 6.07 Å². The highest BCUT2D eigenvalue weighted by atomic mass is 19.4. The summed E-state index contributed by atoms with van der Waals surface area (Å²) in [5.41, 5.74) is 3.82. The number of phenols is 1. The number of carboxylic acid groups (broad SMARTS) is 1. The quantitative estimate of drug-likeness (QED) is 0.758.